The third kappa shape index (κ3) is 61.1. The Balaban J connectivity index is 4.35. The normalized spacial score (nSPS) is 12.7. The van der Waals surface area contributed by atoms with E-state index in [9.17, 15) is 14.4 Å². The maximum Gasteiger partial charge on any atom is 0.306 e. The molecule has 430 valence electrons. The fourth-order valence-electron chi connectivity index (χ4n) is 8.80. The van der Waals surface area contributed by atoms with Crippen molar-refractivity contribution in [1.82, 2.24) is 0 Å². The SMILES string of the molecule is CC/C=C\C/C=C\C/C=C\C/C=C\C/C=C\CCCCCC(=O)OC(COC(=O)CCCCCCC/C=C\C/C=C\CCC)COC(=O)CCCCCCCCCCCCCCC/C=C\CCCCCCCCCC. The fraction of sp³-hybridized carbons (Fsp3) is 0.725. The number of allylic oxidation sites excluding steroid dienone is 16. The lowest BCUT2D eigenvalue weighted by Crippen LogP contribution is -2.30. The number of hydrogen-bond acceptors (Lipinski definition) is 6. The van der Waals surface area contributed by atoms with Gasteiger partial charge in [0, 0.05) is 19.3 Å². The quantitative estimate of drug-likeness (QED) is 0.0261. The molecule has 0 saturated carbocycles. The summed E-state index contributed by atoms with van der Waals surface area (Å²) in [6, 6.07) is 0. The summed E-state index contributed by atoms with van der Waals surface area (Å²) in [7, 11) is 0. The molecule has 6 heteroatoms. The van der Waals surface area contributed by atoms with Crippen LogP contribution in [0, 0.1) is 0 Å². The van der Waals surface area contributed by atoms with Crippen molar-refractivity contribution in [3.05, 3.63) is 97.2 Å². The molecule has 0 radical (unpaired) electrons. The molecule has 0 rings (SSSR count). The van der Waals surface area contributed by atoms with E-state index in [4.69, 9.17) is 14.2 Å². The summed E-state index contributed by atoms with van der Waals surface area (Å²) in [5.74, 6) is -0.935. The van der Waals surface area contributed by atoms with Gasteiger partial charge in [-0.15, -0.1) is 0 Å². The number of rotatable bonds is 57. The number of carbonyl (C=O) groups is 3. The van der Waals surface area contributed by atoms with E-state index in [2.05, 4.69) is 118 Å². The van der Waals surface area contributed by atoms with Crippen LogP contribution in [0.4, 0.5) is 0 Å². The van der Waals surface area contributed by atoms with Gasteiger partial charge >= 0.3 is 17.9 Å². The van der Waals surface area contributed by atoms with Gasteiger partial charge in [-0.1, -0.05) is 266 Å². The third-order valence-electron chi connectivity index (χ3n) is 13.5. The van der Waals surface area contributed by atoms with Crippen molar-refractivity contribution in [3.63, 3.8) is 0 Å². The topological polar surface area (TPSA) is 78.9 Å². The van der Waals surface area contributed by atoms with Crippen LogP contribution in [0.2, 0.25) is 0 Å². The van der Waals surface area contributed by atoms with Crippen LogP contribution in [0.25, 0.3) is 0 Å². The van der Waals surface area contributed by atoms with Gasteiger partial charge in [0.05, 0.1) is 0 Å². The van der Waals surface area contributed by atoms with Gasteiger partial charge in [-0.3, -0.25) is 14.4 Å². The van der Waals surface area contributed by atoms with Gasteiger partial charge in [-0.2, -0.15) is 0 Å². The average Bonchev–Trinajstić information content (AvgIpc) is 3.41. The van der Waals surface area contributed by atoms with Gasteiger partial charge < -0.3 is 14.2 Å². The zero-order chi connectivity index (χ0) is 54.3. The van der Waals surface area contributed by atoms with Gasteiger partial charge in [-0.25, -0.2) is 0 Å². The summed E-state index contributed by atoms with van der Waals surface area (Å²) < 4.78 is 16.9. The van der Waals surface area contributed by atoms with E-state index in [0.29, 0.717) is 12.8 Å². The molecule has 75 heavy (non-hydrogen) atoms. The molecule has 0 saturated heterocycles. The van der Waals surface area contributed by atoms with Crippen molar-refractivity contribution in [1.29, 1.82) is 0 Å². The minimum Gasteiger partial charge on any atom is -0.462 e. The molecule has 0 bridgehead atoms. The molecule has 0 amide bonds. The Morgan fingerprint density at radius 2 is 0.547 bits per heavy atom. The molecule has 1 atom stereocenters. The molecule has 0 fully saturated rings. The summed E-state index contributed by atoms with van der Waals surface area (Å²) in [4.78, 5) is 38.3. The molecule has 0 N–H and O–H groups in total. The first-order valence-corrected chi connectivity index (χ1v) is 31.7. The highest BCUT2D eigenvalue weighted by molar-refractivity contribution is 5.71. The largest absolute Gasteiger partial charge is 0.462 e. The molecule has 0 heterocycles. The predicted octanol–water partition coefficient (Wildman–Crippen LogP) is 21.7. The van der Waals surface area contributed by atoms with Crippen molar-refractivity contribution in [3.8, 4) is 0 Å². The molecule has 0 aromatic rings. The Labute approximate surface area is 464 Å². The minimum absolute atomic E-state index is 0.0951. The Kier molecular flexibility index (Phi) is 59.8. The van der Waals surface area contributed by atoms with E-state index in [1.165, 1.54) is 135 Å². The standard InChI is InChI=1S/C69H118O6/c1-4-7-10-13-16-19-22-25-27-29-31-32-33-34-35-36-38-39-41-44-47-50-53-56-59-62-68(71)74-65-66(64-73-67(70)61-58-55-52-49-46-43-24-21-18-15-12-9-6-3)75-69(72)63-60-57-54-51-48-45-42-40-37-30-28-26-23-20-17-14-11-8-5-2/h8,11-12,15,17,20-21,24,26,28-29,31,37,40,45,48,66H,4-7,9-10,13-14,16,18-19,22-23,25,27,30,32-36,38-39,41-44,46-47,49-65H2,1-3H3/b11-8-,15-12-,20-17-,24-21-,28-26-,31-29-,40-37-,48-45-. The lowest BCUT2D eigenvalue weighted by molar-refractivity contribution is -0.167. The van der Waals surface area contributed by atoms with Crippen LogP contribution < -0.4 is 0 Å². The number of esters is 3. The van der Waals surface area contributed by atoms with Gasteiger partial charge in [0.1, 0.15) is 13.2 Å². The van der Waals surface area contributed by atoms with E-state index >= 15 is 0 Å². The van der Waals surface area contributed by atoms with Crippen molar-refractivity contribution < 1.29 is 28.6 Å². The second-order valence-electron chi connectivity index (χ2n) is 20.9. The number of unbranched alkanes of at least 4 members (excludes halogenated alkanes) is 30. The highest BCUT2D eigenvalue weighted by Crippen LogP contribution is 2.16. The molecule has 0 spiro atoms. The molecular weight excluding hydrogens is 925 g/mol. The molecule has 6 nitrogen and oxygen atoms in total. The van der Waals surface area contributed by atoms with Gasteiger partial charge in [-0.05, 0) is 116 Å². The Hall–Kier alpha value is -3.67. The van der Waals surface area contributed by atoms with Crippen LogP contribution in [0.15, 0.2) is 97.2 Å². The summed E-state index contributed by atoms with van der Waals surface area (Å²) >= 11 is 0. The highest BCUT2D eigenvalue weighted by atomic mass is 16.6. The first kappa shape index (κ1) is 71.3. The van der Waals surface area contributed by atoms with Crippen LogP contribution in [0.5, 0.6) is 0 Å². The molecule has 1 unspecified atom stereocenters. The first-order valence-electron chi connectivity index (χ1n) is 31.7. The predicted molar refractivity (Wildman–Crippen MR) is 325 cm³/mol. The van der Waals surface area contributed by atoms with Crippen molar-refractivity contribution in [2.24, 2.45) is 0 Å². The molecule has 0 aliphatic carbocycles. The van der Waals surface area contributed by atoms with Crippen LogP contribution in [0.1, 0.15) is 303 Å². The van der Waals surface area contributed by atoms with Crippen LogP contribution in [0.3, 0.4) is 0 Å². The Bertz CT molecular complexity index is 1480. The maximum absolute atomic E-state index is 12.9. The monoisotopic (exact) mass is 1040 g/mol. The average molecular weight is 1040 g/mol. The van der Waals surface area contributed by atoms with Gasteiger partial charge in [0.2, 0.25) is 0 Å². The van der Waals surface area contributed by atoms with Gasteiger partial charge in [0.15, 0.2) is 6.10 Å². The number of carbonyl (C=O) groups excluding carboxylic acids is 3. The third-order valence-corrected chi connectivity index (χ3v) is 13.5. The summed E-state index contributed by atoms with van der Waals surface area (Å²) in [6.07, 6.45) is 84.2. The highest BCUT2D eigenvalue weighted by Gasteiger charge is 2.19. The number of hydrogen-bond donors (Lipinski definition) is 0. The Morgan fingerprint density at radius 3 is 0.893 bits per heavy atom. The lowest BCUT2D eigenvalue weighted by Gasteiger charge is -2.18. The van der Waals surface area contributed by atoms with Crippen molar-refractivity contribution in [2.75, 3.05) is 13.2 Å². The van der Waals surface area contributed by atoms with Crippen LogP contribution >= 0.6 is 0 Å². The van der Waals surface area contributed by atoms with Crippen molar-refractivity contribution in [2.45, 2.75) is 309 Å². The summed E-state index contributed by atoms with van der Waals surface area (Å²) in [5, 5.41) is 0. The summed E-state index contributed by atoms with van der Waals surface area (Å²) in [5.41, 5.74) is 0. The smallest absolute Gasteiger partial charge is 0.306 e. The van der Waals surface area contributed by atoms with E-state index in [1.807, 2.05) is 0 Å². The first-order chi connectivity index (χ1) is 37.0. The molecule has 0 aliphatic rings. The molecular formula is C69H118O6. The molecule has 0 aromatic carbocycles. The zero-order valence-corrected chi connectivity index (χ0v) is 49.3. The van der Waals surface area contributed by atoms with Gasteiger partial charge in [0.25, 0.3) is 0 Å². The maximum atomic E-state index is 12.9. The zero-order valence-electron chi connectivity index (χ0n) is 49.3. The number of ether oxygens (including phenoxy) is 3. The van der Waals surface area contributed by atoms with E-state index < -0.39 is 6.10 Å². The van der Waals surface area contributed by atoms with Crippen molar-refractivity contribution >= 4 is 17.9 Å². The molecule has 0 aromatic heterocycles. The van der Waals surface area contributed by atoms with E-state index in [1.54, 1.807) is 0 Å². The second kappa shape index (κ2) is 62.9. The van der Waals surface area contributed by atoms with E-state index in [-0.39, 0.29) is 37.5 Å². The minimum atomic E-state index is -0.802. The second-order valence-corrected chi connectivity index (χ2v) is 20.9. The van der Waals surface area contributed by atoms with Crippen LogP contribution in [-0.4, -0.2) is 37.2 Å². The van der Waals surface area contributed by atoms with Crippen LogP contribution in [-0.2, 0) is 28.6 Å². The molecule has 0 aliphatic heterocycles. The lowest BCUT2D eigenvalue weighted by atomic mass is 10.0. The summed E-state index contributed by atoms with van der Waals surface area (Å²) in [6.45, 7) is 6.44. The van der Waals surface area contributed by atoms with E-state index in [0.717, 1.165) is 128 Å². The Morgan fingerprint density at radius 1 is 0.280 bits per heavy atom. The fourth-order valence-corrected chi connectivity index (χ4v) is 8.80.